The van der Waals surface area contributed by atoms with E-state index >= 15 is 0 Å². The predicted octanol–water partition coefficient (Wildman–Crippen LogP) is 3.32. The van der Waals surface area contributed by atoms with Gasteiger partial charge in [-0.2, -0.15) is 0 Å². The molecule has 0 aromatic heterocycles. The van der Waals surface area contributed by atoms with Crippen molar-refractivity contribution in [3.05, 3.63) is 0 Å². The summed E-state index contributed by atoms with van der Waals surface area (Å²) in [4.78, 5) is 0. The zero-order chi connectivity index (χ0) is 8.58. The van der Waals surface area contributed by atoms with Crippen LogP contribution in [0.3, 0.4) is 0 Å². The molecule has 0 nitrogen and oxygen atoms in total. The van der Waals surface area contributed by atoms with Crippen LogP contribution in [-0.2, 0) is 0 Å². The van der Waals surface area contributed by atoms with Crippen LogP contribution in [0.2, 0.25) is 0 Å². The highest BCUT2D eigenvalue weighted by Gasteiger charge is 2.35. The monoisotopic (exact) mass is 160 g/mol. The van der Waals surface area contributed by atoms with Crippen molar-refractivity contribution in [3.8, 4) is 0 Å². The van der Waals surface area contributed by atoms with Gasteiger partial charge in [-0.3, -0.25) is 0 Å². The van der Waals surface area contributed by atoms with Gasteiger partial charge < -0.3 is 0 Å². The SMILES string of the molecule is CC(P)C(C)(C)C(C)(C)C. The van der Waals surface area contributed by atoms with E-state index in [9.17, 15) is 0 Å². The van der Waals surface area contributed by atoms with E-state index in [4.69, 9.17) is 0 Å². The van der Waals surface area contributed by atoms with Crippen molar-refractivity contribution >= 4 is 9.24 Å². The van der Waals surface area contributed by atoms with Crippen molar-refractivity contribution in [1.82, 2.24) is 0 Å². The van der Waals surface area contributed by atoms with Crippen LogP contribution in [0.5, 0.6) is 0 Å². The zero-order valence-corrected chi connectivity index (χ0v) is 9.31. The first kappa shape index (κ1) is 10.4. The standard InChI is InChI=1S/C9H21P/c1-7(10)9(5,6)8(2,3)4/h7H,10H2,1-6H3. The average molecular weight is 160 g/mol. The lowest BCUT2D eigenvalue weighted by atomic mass is 9.67. The Morgan fingerprint density at radius 1 is 1.00 bits per heavy atom. The summed E-state index contributed by atoms with van der Waals surface area (Å²) in [6.45, 7) is 13.8. The van der Waals surface area contributed by atoms with Gasteiger partial charge >= 0.3 is 0 Å². The first-order valence-corrected chi connectivity index (χ1v) is 4.62. The average Bonchev–Trinajstić information content (AvgIpc) is 1.62. The van der Waals surface area contributed by atoms with Gasteiger partial charge in [-0.05, 0) is 16.5 Å². The van der Waals surface area contributed by atoms with E-state index in [0.717, 1.165) is 0 Å². The van der Waals surface area contributed by atoms with Crippen LogP contribution in [0.1, 0.15) is 41.5 Å². The molecule has 0 rings (SSSR count). The summed E-state index contributed by atoms with van der Waals surface area (Å²) in [5.41, 5.74) is 1.47. The molecule has 0 bridgehead atoms. The maximum absolute atomic E-state index is 2.89. The Morgan fingerprint density at radius 3 is 1.30 bits per heavy atom. The van der Waals surface area contributed by atoms with Crippen LogP contribution < -0.4 is 0 Å². The summed E-state index contributed by atoms with van der Waals surface area (Å²) in [5, 5.41) is 0. The third-order valence-electron chi connectivity index (χ3n) is 3.07. The minimum Gasteiger partial charge on any atom is -0.134 e. The Balaban J connectivity index is 4.40. The van der Waals surface area contributed by atoms with E-state index < -0.39 is 0 Å². The van der Waals surface area contributed by atoms with E-state index in [1.807, 2.05) is 0 Å². The van der Waals surface area contributed by atoms with Gasteiger partial charge in [0, 0.05) is 0 Å². The molecule has 0 amide bonds. The highest BCUT2D eigenvalue weighted by atomic mass is 31.0. The Kier molecular flexibility index (Phi) is 2.94. The molecule has 0 aliphatic rings. The molecular weight excluding hydrogens is 139 g/mol. The minimum atomic E-state index is 0.397. The smallest absolute Gasteiger partial charge is 0.0236 e. The summed E-state index contributed by atoms with van der Waals surface area (Å²) in [5.74, 6) is 0. The van der Waals surface area contributed by atoms with Crippen molar-refractivity contribution < 1.29 is 0 Å². The third-order valence-corrected chi connectivity index (χ3v) is 3.90. The third kappa shape index (κ3) is 1.95. The largest absolute Gasteiger partial charge is 0.134 e. The topological polar surface area (TPSA) is 0 Å². The Hall–Kier alpha value is 0.430. The molecule has 2 atom stereocenters. The lowest BCUT2D eigenvalue weighted by molar-refractivity contribution is 0.133. The summed E-state index contributed by atoms with van der Waals surface area (Å²) in [6, 6.07) is 0. The second kappa shape index (κ2) is 2.81. The predicted molar refractivity (Wildman–Crippen MR) is 52.4 cm³/mol. The first-order chi connectivity index (χ1) is 4.19. The fraction of sp³-hybridized carbons (Fsp3) is 1.00. The quantitative estimate of drug-likeness (QED) is 0.516. The molecular formula is C9H21P. The van der Waals surface area contributed by atoms with Gasteiger partial charge in [0.05, 0.1) is 0 Å². The molecule has 2 unspecified atom stereocenters. The Bertz CT molecular complexity index is 106. The molecule has 1 heteroatoms. The molecule has 0 heterocycles. The van der Waals surface area contributed by atoms with Gasteiger partial charge in [0.1, 0.15) is 0 Å². The molecule has 0 aromatic rings. The second-order valence-electron chi connectivity index (χ2n) is 4.76. The van der Waals surface area contributed by atoms with E-state index in [0.29, 0.717) is 16.5 Å². The van der Waals surface area contributed by atoms with Gasteiger partial charge in [0.15, 0.2) is 0 Å². The molecule has 0 aliphatic carbocycles. The van der Waals surface area contributed by atoms with Crippen LogP contribution in [0.25, 0.3) is 0 Å². The van der Waals surface area contributed by atoms with Crippen molar-refractivity contribution in [2.75, 3.05) is 0 Å². The molecule has 10 heavy (non-hydrogen) atoms. The van der Waals surface area contributed by atoms with Crippen LogP contribution in [-0.4, -0.2) is 5.66 Å². The fourth-order valence-corrected chi connectivity index (χ4v) is 1.18. The molecule has 0 N–H and O–H groups in total. The van der Waals surface area contributed by atoms with E-state index in [-0.39, 0.29) is 0 Å². The summed E-state index contributed by atoms with van der Waals surface area (Å²) in [7, 11) is 2.89. The molecule has 0 spiro atoms. The molecule has 0 aliphatic heterocycles. The van der Waals surface area contributed by atoms with Gasteiger partial charge in [0.25, 0.3) is 0 Å². The van der Waals surface area contributed by atoms with Crippen molar-refractivity contribution in [2.45, 2.75) is 47.2 Å². The second-order valence-corrected chi connectivity index (χ2v) is 5.76. The fourth-order valence-electron chi connectivity index (χ4n) is 0.683. The molecule has 0 radical (unpaired) electrons. The normalized spacial score (nSPS) is 17.1. The lowest BCUT2D eigenvalue weighted by Crippen LogP contribution is -2.36. The molecule has 0 aromatic carbocycles. The summed E-state index contributed by atoms with van der Waals surface area (Å²) >= 11 is 0. The van der Waals surface area contributed by atoms with E-state index in [2.05, 4.69) is 50.8 Å². The zero-order valence-electron chi connectivity index (χ0n) is 8.15. The molecule has 62 valence electrons. The van der Waals surface area contributed by atoms with E-state index in [1.165, 1.54) is 0 Å². The van der Waals surface area contributed by atoms with Gasteiger partial charge in [0.2, 0.25) is 0 Å². The number of rotatable bonds is 1. The highest BCUT2D eigenvalue weighted by molar-refractivity contribution is 7.17. The summed E-state index contributed by atoms with van der Waals surface area (Å²) in [6.07, 6.45) is 0. The Morgan fingerprint density at radius 2 is 1.30 bits per heavy atom. The maximum Gasteiger partial charge on any atom is -0.0236 e. The van der Waals surface area contributed by atoms with Crippen LogP contribution in [0.15, 0.2) is 0 Å². The van der Waals surface area contributed by atoms with Gasteiger partial charge in [-0.15, -0.1) is 9.24 Å². The van der Waals surface area contributed by atoms with Crippen molar-refractivity contribution in [1.29, 1.82) is 0 Å². The van der Waals surface area contributed by atoms with Gasteiger partial charge in [-0.1, -0.05) is 41.5 Å². The molecule has 0 saturated heterocycles. The molecule has 0 fully saturated rings. The number of hydrogen-bond acceptors (Lipinski definition) is 0. The first-order valence-electron chi connectivity index (χ1n) is 3.95. The van der Waals surface area contributed by atoms with Crippen LogP contribution in [0.4, 0.5) is 0 Å². The highest BCUT2D eigenvalue weighted by Crippen LogP contribution is 2.43. The lowest BCUT2D eigenvalue weighted by Gasteiger charge is -2.42. The maximum atomic E-state index is 2.89. The Labute approximate surface area is 68.0 Å². The van der Waals surface area contributed by atoms with E-state index in [1.54, 1.807) is 0 Å². The van der Waals surface area contributed by atoms with Crippen LogP contribution >= 0.6 is 9.24 Å². The van der Waals surface area contributed by atoms with Crippen molar-refractivity contribution in [3.63, 3.8) is 0 Å². The molecule has 0 saturated carbocycles. The van der Waals surface area contributed by atoms with Gasteiger partial charge in [-0.25, -0.2) is 0 Å². The minimum absolute atomic E-state index is 0.397. The number of hydrogen-bond donors (Lipinski definition) is 0. The van der Waals surface area contributed by atoms with Crippen LogP contribution in [0, 0.1) is 10.8 Å². The van der Waals surface area contributed by atoms with Crippen molar-refractivity contribution in [2.24, 2.45) is 10.8 Å². The summed E-state index contributed by atoms with van der Waals surface area (Å²) < 4.78 is 0.